The molecule has 0 bridgehead atoms. The lowest BCUT2D eigenvalue weighted by molar-refractivity contribution is -0.127. The molecule has 2 aromatic carbocycles. The SMILES string of the molecule is CC1=CCCC(C(=O)Nc2cc(C(=O)NCCCN3CCCC3=O)ccc2CC2CCCN(c3ccccc3C)CC2)=C(C)O1. The molecule has 3 amide bonds. The summed E-state index contributed by atoms with van der Waals surface area (Å²) in [5.41, 5.74) is 5.49. The first-order valence-corrected chi connectivity index (χ1v) is 16.6. The Morgan fingerprint density at radius 2 is 1.80 bits per heavy atom. The molecule has 8 heteroatoms. The Labute approximate surface area is 267 Å². The van der Waals surface area contributed by atoms with Crippen molar-refractivity contribution in [3.05, 3.63) is 82.3 Å². The van der Waals surface area contributed by atoms with E-state index in [1.807, 2.05) is 43.0 Å². The van der Waals surface area contributed by atoms with Crippen molar-refractivity contribution in [3.8, 4) is 0 Å². The van der Waals surface area contributed by atoms with Gasteiger partial charge in [-0.25, -0.2) is 0 Å². The monoisotopic (exact) mass is 612 g/mol. The van der Waals surface area contributed by atoms with Crippen LogP contribution in [0.2, 0.25) is 0 Å². The zero-order valence-corrected chi connectivity index (χ0v) is 27.1. The molecule has 1 atom stereocenters. The molecule has 2 N–H and O–H groups in total. The van der Waals surface area contributed by atoms with Gasteiger partial charge >= 0.3 is 0 Å². The molecule has 2 fully saturated rings. The molecule has 240 valence electrons. The Kier molecular flexibility index (Phi) is 11.0. The molecule has 3 heterocycles. The van der Waals surface area contributed by atoms with Crippen LogP contribution in [0, 0.1) is 12.8 Å². The molecule has 0 radical (unpaired) electrons. The van der Waals surface area contributed by atoms with Gasteiger partial charge in [-0.2, -0.15) is 0 Å². The number of hydrogen-bond acceptors (Lipinski definition) is 5. The minimum atomic E-state index is -0.184. The number of amides is 3. The second-order valence-corrected chi connectivity index (χ2v) is 12.7. The van der Waals surface area contributed by atoms with Crippen LogP contribution in [0.25, 0.3) is 0 Å². The summed E-state index contributed by atoms with van der Waals surface area (Å²) in [6.45, 7) is 9.90. The number of hydrogen-bond donors (Lipinski definition) is 2. The second kappa shape index (κ2) is 15.3. The Hall–Kier alpha value is -4.07. The molecule has 2 saturated heterocycles. The summed E-state index contributed by atoms with van der Waals surface area (Å²) in [4.78, 5) is 43.0. The van der Waals surface area contributed by atoms with Crippen LogP contribution < -0.4 is 15.5 Å². The Balaban J connectivity index is 1.29. The smallest absolute Gasteiger partial charge is 0.254 e. The maximum Gasteiger partial charge on any atom is 0.254 e. The summed E-state index contributed by atoms with van der Waals surface area (Å²) in [6, 6.07) is 14.3. The number of benzene rings is 2. The highest BCUT2D eigenvalue weighted by atomic mass is 16.5. The largest absolute Gasteiger partial charge is 0.467 e. The first kappa shape index (κ1) is 32.3. The number of nitrogens with zero attached hydrogens (tertiary/aromatic N) is 2. The van der Waals surface area contributed by atoms with Crippen molar-refractivity contribution in [2.24, 2.45) is 5.92 Å². The number of rotatable bonds is 10. The number of carbonyl (C=O) groups excluding carboxylic acids is 3. The lowest BCUT2D eigenvalue weighted by atomic mass is 9.91. The molecule has 3 aliphatic heterocycles. The molecule has 5 rings (SSSR count). The highest BCUT2D eigenvalue weighted by molar-refractivity contribution is 6.05. The van der Waals surface area contributed by atoms with E-state index in [1.165, 1.54) is 11.3 Å². The maximum absolute atomic E-state index is 13.6. The molecule has 45 heavy (non-hydrogen) atoms. The minimum absolute atomic E-state index is 0.179. The van der Waals surface area contributed by atoms with Gasteiger partial charge in [0.05, 0.1) is 11.3 Å². The third-order valence-electron chi connectivity index (χ3n) is 9.33. The van der Waals surface area contributed by atoms with Crippen LogP contribution in [0.5, 0.6) is 0 Å². The van der Waals surface area contributed by atoms with Crippen molar-refractivity contribution in [1.82, 2.24) is 10.2 Å². The number of para-hydroxylation sites is 1. The molecular weight excluding hydrogens is 564 g/mol. The van der Waals surface area contributed by atoms with E-state index in [0.29, 0.717) is 60.9 Å². The number of ether oxygens (including phenoxy) is 1. The summed E-state index contributed by atoms with van der Waals surface area (Å²) >= 11 is 0. The zero-order chi connectivity index (χ0) is 31.8. The standard InChI is InChI=1S/C37H48N4O4/c1-26-10-4-5-14-34(26)40-20-7-12-29(18-23-40)24-30-16-17-31(36(43)38-19-9-22-41-21-8-15-35(41)42)25-33(30)39-37(44)32-13-6-11-27(2)45-28(32)3/h4-5,10-11,14,16-17,25,29H,6-9,12-13,15,18-24H2,1-3H3,(H,38,43)(H,39,44). The number of carbonyl (C=O) groups is 3. The maximum atomic E-state index is 13.6. The first-order valence-electron chi connectivity index (χ1n) is 16.6. The fourth-order valence-electron chi connectivity index (χ4n) is 6.78. The van der Waals surface area contributed by atoms with Crippen LogP contribution in [-0.4, -0.2) is 55.3 Å². The van der Waals surface area contributed by atoms with Crippen LogP contribution in [0.1, 0.15) is 86.7 Å². The van der Waals surface area contributed by atoms with Gasteiger partial charge in [0.15, 0.2) is 0 Å². The predicted molar refractivity (Wildman–Crippen MR) is 179 cm³/mol. The number of allylic oxidation sites excluding steroid dienone is 3. The summed E-state index contributed by atoms with van der Waals surface area (Å²) in [5, 5.41) is 6.18. The van der Waals surface area contributed by atoms with Gasteiger partial charge in [0.1, 0.15) is 5.76 Å². The van der Waals surface area contributed by atoms with Crippen LogP contribution in [0.3, 0.4) is 0 Å². The Bertz CT molecular complexity index is 1460. The van der Waals surface area contributed by atoms with Gasteiger partial charge < -0.3 is 25.2 Å². The molecule has 3 aliphatic rings. The third kappa shape index (κ3) is 8.56. The van der Waals surface area contributed by atoms with E-state index in [1.54, 1.807) is 0 Å². The summed E-state index contributed by atoms with van der Waals surface area (Å²) in [6.07, 6.45) is 9.71. The molecule has 0 aliphatic carbocycles. The van der Waals surface area contributed by atoms with Gasteiger partial charge in [0.2, 0.25) is 5.91 Å². The van der Waals surface area contributed by atoms with Gasteiger partial charge in [-0.05, 0) is 113 Å². The Morgan fingerprint density at radius 3 is 2.60 bits per heavy atom. The van der Waals surface area contributed by atoms with Crippen molar-refractivity contribution in [3.63, 3.8) is 0 Å². The van der Waals surface area contributed by atoms with Crippen LogP contribution in [-0.2, 0) is 20.7 Å². The second-order valence-electron chi connectivity index (χ2n) is 12.7. The average molecular weight is 613 g/mol. The lowest BCUT2D eigenvalue weighted by Gasteiger charge is -2.25. The molecule has 0 aromatic heterocycles. The van der Waals surface area contributed by atoms with Crippen LogP contribution in [0.4, 0.5) is 11.4 Å². The van der Waals surface area contributed by atoms with Gasteiger partial charge in [0, 0.05) is 56.1 Å². The molecule has 1 unspecified atom stereocenters. The summed E-state index contributed by atoms with van der Waals surface area (Å²) < 4.78 is 5.85. The minimum Gasteiger partial charge on any atom is -0.467 e. The highest BCUT2D eigenvalue weighted by Crippen LogP contribution is 2.31. The summed E-state index contributed by atoms with van der Waals surface area (Å²) in [7, 11) is 0. The quantitative estimate of drug-likeness (QED) is 0.299. The predicted octanol–water partition coefficient (Wildman–Crippen LogP) is 6.51. The van der Waals surface area contributed by atoms with E-state index in [-0.39, 0.29) is 17.7 Å². The number of nitrogens with one attached hydrogen (secondary N) is 2. The van der Waals surface area contributed by atoms with Gasteiger partial charge in [-0.1, -0.05) is 24.3 Å². The number of likely N-dealkylation sites (tertiary alicyclic amines) is 1. The van der Waals surface area contributed by atoms with E-state index in [9.17, 15) is 14.4 Å². The van der Waals surface area contributed by atoms with Crippen molar-refractivity contribution >= 4 is 29.1 Å². The fourth-order valence-corrected chi connectivity index (χ4v) is 6.78. The first-order chi connectivity index (χ1) is 21.8. The fraction of sp³-hybridized carbons (Fsp3) is 0.486. The van der Waals surface area contributed by atoms with Gasteiger partial charge in [-0.3, -0.25) is 14.4 Å². The van der Waals surface area contributed by atoms with E-state index in [4.69, 9.17) is 4.74 Å². The number of anilines is 2. The van der Waals surface area contributed by atoms with E-state index in [2.05, 4.69) is 46.7 Å². The molecular formula is C37H48N4O4. The number of aryl methyl sites for hydroxylation is 1. The van der Waals surface area contributed by atoms with Gasteiger partial charge in [0.25, 0.3) is 11.8 Å². The van der Waals surface area contributed by atoms with Crippen molar-refractivity contribution in [1.29, 1.82) is 0 Å². The average Bonchev–Trinajstić information content (AvgIpc) is 3.18. The van der Waals surface area contributed by atoms with E-state index in [0.717, 1.165) is 69.5 Å². The Morgan fingerprint density at radius 1 is 0.956 bits per heavy atom. The third-order valence-corrected chi connectivity index (χ3v) is 9.33. The molecule has 8 nitrogen and oxygen atoms in total. The molecule has 2 aromatic rings. The lowest BCUT2D eigenvalue weighted by Crippen LogP contribution is -2.30. The van der Waals surface area contributed by atoms with E-state index < -0.39 is 0 Å². The topological polar surface area (TPSA) is 91.0 Å². The molecule has 0 spiro atoms. The highest BCUT2D eigenvalue weighted by Gasteiger charge is 2.23. The van der Waals surface area contributed by atoms with Crippen LogP contribution in [0.15, 0.2) is 65.6 Å². The normalized spacial score (nSPS) is 19.0. The van der Waals surface area contributed by atoms with Crippen molar-refractivity contribution < 1.29 is 19.1 Å². The zero-order valence-electron chi connectivity index (χ0n) is 27.1. The summed E-state index contributed by atoms with van der Waals surface area (Å²) in [5.74, 6) is 1.72. The van der Waals surface area contributed by atoms with Crippen LogP contribution >= 0.6 is 0 Å². The van der Waals surface area contributed by atoms with Crippen molar-refractivity contribution in [2.75, 3.05) is 42.9 Å². The van der Waals surface area contributed by atoms with Crippen molar-refractivity contribution in [2.45, 2.75) is 78.6 Å². The molecule has 0 saturated carbocycles. The van der Waals surface area contributed by atoms with Gasteiger partial charge in [-0.15, -0.1) is 0 Å². The van der Waals surface area contributed by atoms with E-state index >= 15 is 0 Å².